The van der Waals surface area contributed by atoms with Crippen LogP contribution in [0, 0.1) is 13.8 Å². The number of aromatic nitrogens is 3. The minimum Gasteiger partial charge on any atom is -0.399 e. The maximum Gasteiger partial charge on any atom is 0.157 e. The summed E-state index contributed by atoms with van der Waals surface area (Å²) in [5.41, 5.74) is 12.8. The van der Waals surface area contributed by atoms with Crippen molar-refractivity contribution in [3.8, 4) is 0 Å². The van der Waals surface area contributed by atoms with Crippen molar-refractivity contribution in [3.63, 3.8) is 0 Å². The summed E-state index contributed by atoms with van der Waals surface area (Å²) in [6, 6.07) is 11.9. The maximum absolute atomic E-state index is 5.91. The molecule has 2 aromatic carbocycles. The number of nitrogens with two attached hydrogens (primary N) is 1. The van der Waals surface area contributed by atoms with E-state index < -0.39 is 0 Å². The number of rotatable bonds is 2. The molecule has 0 atom stereocenters. The van der Waals surface area contributed by atoms with Crippen LogP contribution < -0.4 is 11.1 Å². The van der Waals surface area contributed by atoms with Crippen LogP contribution in [0.3, 0.4) is 0 Å². The van der Waals surface area contributed by atoms with Crippen LogP contribution in [0.1, 0.15) is 11.1 Å². The van der Waals surface area contributed by atoms with Crippen LogP contribution in [0.2, 0.25) is 0 Å². The van der Waals surface area contributed by atoms with Gasteiger partial charge in [-0.3, -0.25) is 4.40 Å². The lowest BCUT2D eigenvalue weighted by atomic mass is 10.1. The van der Waals surface area contributed by atoms with Crippen LogP contribution in [-0.2, 0) is 0 Å². The van der Waals surface area contributed by atoms with E-state index in [1.54, 1.807) is 6.33 Å². The second-order valence-electron chi connectivity index (χ2n) is 5.75. The Morgan fingerprint density at radius 3 is 2.61 bits per heavy atom. The molecule has 5 nitrogen and oxygen atoms in total. The summed E-state index contributed by atoms with van der Waals surface area (Å²) in [6.45, 7) is 4.18. The zero-order valence-electron chi connectivity index (χ0n) is 13.0. The predicted octanol–water partition coefficient (Wildman–Crippen LogP) is 3.83. The van der Waals surface area contributed by atoms with Gasteiger partial charge >= 0.3 is 0 Å². The average Bonchev–Trinajstić information content (AvgIpc) is 3.01. The number of benzene rings is 2. The van der Waals surface area contributed by atoms with E-state index in [-0.39, 0.29) is 0 Å². The first kappa shape index (κ1) is 13.6. The summed E-state index contributed by atoms with van der Waals surface area (Å²) in [6.07, 6.45) is 3.60. The van der Waals surface area contributed by atoms with Gasteiger partial charge in [-0.05, 0) is 43.2 Å². The SMILES string of the molecule is Cc1cccc(C)c1Nc1nc2ccc(N)cc2n2cncc12. The van der Waals surface area contributed by atoms with Gasteiger partial charge in [0, 0.05) is 11.4 Å². The second-order valence-corrected chi connectivity index (χ2v) is 5.75. The van der Waals surface area contributed by atoms with Crippen molar-refractivity contribution in [1.29, 1.82) is 0 Å². The van der Waals surface area contributed by atoms with E-state index in [0.717, 1.165) is 28.1 Å². The zero-order chi connectivity index (χ0) is 16.0. The average molecular weight is 303 g/mol. The summed E-state index contributed by atoms with van der Waals surface area (Å²) in [4.78, 5) is 9.04. The lowest BCUT2D eigenvalue weighted by molar-refractivity contribution is 1.18. The highest BCUT2D eigenvalue weighted by Gasteiger charge is 2.11. The molecule has 2 heterocycles. The number of hydrogen-bond acceptors (Lipinski definition) is 4. The fraction of sp³-hybridized carbons (Fsp3) is 0.111. The van der Waals surface area contributed by atoms with E-state index >= 15 is 0 Å². The number of imidazole rings is 1. The Balaban J connectivity index is 1.96. The highest BCUT2D eigenvalue weighted by atomic mass is 15.1. The minimum absolute atomic E-state index is 0.713. The van der Waals surface area contributed by atoms with Crippen molar-refractivity contribution in [2.75, 3.05) is 11.1 Å². The normalized spacial score (nSPS) is 11.2. The molecule has 5 heteroatoms. The van der Waals surface area contributed by atoms with Gasteiger partial charge in [-0.2, -0.15) is 0 Å². The summed E-state index contributed by atoms with van der Waals surface area (Å²) in [5, 5.41) is 3.47. The first-order chi connectivity index (χ1) is 11.1. The number of nitrogen functional groups attached to an aromatic ring is 1. The van der Waals surface area contributed by atoms with Gasteiger partial charge in [0.05, 0.1) is 23.6 Å². The monoisotopic (exact) mass is 303 g/mol. The molecule has 0 amide bonds. The van der Waals surface area contributed by atoms with E-state index in [9.17, 15) is 0 Å². The number of aryl methyl sites for hydroxylation is 2. The molecule has 3 N–H and O–H groups in total. The van der Waals surface area contributed by atoms with Crippen LogP contribution in [-0.4, -0.2) is 14.4 Å². The van der Waals surface area contributed by atoms with Gasteiger partial charge in [-0.25, -0.2) is 9.97 Å². The van der Waals surface area contributed by atoms with Gasteiger partial charge in [0.15, 0.2) is 5.82 Å². The van der Waals surface area contributed by atoms with Crippen molar-refractivity contribution in [2.45, 2.75) is 13.8 Å². The van der Waals surface area contributed by atoms with Gasteiger partial charge in [0.2, 0.25) is 0 Å². The summed E-state index contributed by atoms with van der Waals surface area (Å²) >= 11 is 0. The fourth-order valence-corrected chi connectivity index (χ4v) is 2.89. The van der Waals surface area contributed by atoms with Crippen molar-refractivity contribution in [1.82, 2.24) is 14.4 Å². The Morgan fingerprint density at radius 2 is 1.83 bits per heavy atom. The third kappa shape index (κ3) is 2.17. The third-order valence-electron chi connectivity index (χ3n) is 4.10. The quantitative estimate of drug-likeness (QED) is 0.552. The van der Waals surface area contributed by atoms with Crippen LogP contribution in [0.4, 0.5) is 17.2 Å². The molecule has 0 fully saturated rings. The predicted molar refractivity (Wildman–Crippen MR) is 94.1 cm³/mol. The van der Waals surface area contributed by atoms with E-state index in [2.05, 4.69) is 42.3 Å². The van der Waals surface area contributed by atoms with Gasteiger partial charge in [0.25, 0.3) is 0 Å². The lowest BCUT2D eigenvalue weighted by Crippen LogP contribution is -2.02. The molecule has 0 unspecified atom stereocenters. The van der Waals surface area contributed by atoms with Gasteiger partial charge < -0.3 is 11.1 Å². The number of para-hydroxylation sites is 1. The van der Waals surface area contributed by atoms with Crippen molar-refractivity contribution < 1.29 is 0 Å². The smallest absolute Gasteiger partial charge is 0.157 e. The van der Waals surface area contributed by atoms with E-state index in [1.807, 2.05) is 28.8 Å². The molecule has 114 valence electrons. The molecule has 4 aromatic rings. The summed E-state index contributed by atoms with van der Waals surface area (Å²) < 4.78 is 2.01. The minimum atomic E-state index is 0.713. The van der Waals surface area contributed by atoms with Gasteiger partial charge in [-0.1, -0.05) is 18.2 Å². The van der Waals surface area contributed by atoms with Crippen LogP contribution in [0.5, 0.6) is 0 Å². The van der Waals surface area contributed by atoms with E-state index in [1.165, 1.54) is 11.1 Å². The Morgan fingerprint density at radius 1 is 1.04 bits per heavy atom. The van der Waals surface area contributed by atoms with Crippen molar-refractivity contribution in [3.05, 3.63) is 60.0 Å². The topological polar surface area (TPSA) is 68.2 Å². The van der Waals surface area contributed by atoms with E-state index in [4.69, 9.17) is 10.7 Å². The molecule has 0 aliphatic carbocycles. The number of fused-ring (bicyclic) bond motifs is 3. The number of hydrogen-bond donors (Lipinski definition) is 2. The molecule has 2 aromatic heterocycles. The Kier molecular flexibility index (Phi) is 2.94. The molecule has 0 radical (unpaired) electrons. The highest BCUT2D eigenvalue weighted by Crippen LogP contribution is 2.28. The molecule has 0 saturated carbocycles. The lowest BCUT2D eigenvalue weighted by Gasteiger charge is -2.14. The third-order valence-corrected chi connectivity index (χ3v) is 4.10. The first-order valence-corrected chi connectivity index (χ1v) is 7.48. The highest BCUT2D eigenvalue weighted by molar-refractivity contribution is 5.87. The Bertz CT molecular complexity index is 1010. The van der Waals surface area contributed by atoms with Crippen molar-refractivity contribution >= 4 is 33.7 Å². The zero-order valence-corrected chi connectivity index (χ0v) is 13.0. The number of nitrogens with one attached hydrogen (secondary N) is 1. The number of nitrogens with zero attached hydrogens (tertiary/aromatic N) is 3. The van der Waals surface area contributed by atoms with Crippen molar-refractivity contribution in [2.24, 2.45) is 0 Å². The number of anilines is 3. The van der Waals surface area contributed by atoms with Crippen LogP contribution in [0.15, 0.2) is 48.9 Å². The molecular formula is C18H17N5. The molecule has 0 saturated heterocycles. The Labute approximate surface area is 133 Å². The van der Waals surface area contributed by atoms with Crippen LogP contribution >= 0.6 is 0 Å². The molecule has 0 bridgehead atoms. The summed E-state index contributed by atoms with van der Waals surface area (Å²) in [7, 11) is 0. The molecule has 4 rings (SSSR count). The fourth-order valence-electron chi connectivity index (χ4n) is 2.89. The maximum atomic E-state index is 5.91. The molecular weight excluding hydrogens is 286 g/mol. The Hall–Kier alpha value is -3.08. The molecule has 0 aliphatic heterocycles. The summed E-state index contributed by atoms with van der Waals surface area (Å²) in [5.74, 6) is 0.789. The second kappa shape index (κ2) is 4.98. The standard InChI is InChI=1S/C18H17N5/c1-11-4-3-5-12(2)17(11)22-18-16-9-20-10-23(16)15-8-13(19)6-7-14(15)21-18/h3-10H,19H2,1-2H3,(H,21,22). The van der Waals surface area contributed by atoms with E-state index in [0.29, 0.717) is 5.69 Å². The molecule has 0 spiro atoms. The molecule has 23 heavy (non-hydrogen) atoms. The first-order valence-electron chi connectivity index (χ1n) is 7.48. The van der Waals surface area contributed by atoms with Crippen LogP contribution in [0.25, 0.3) is 16.6 Å². The van der Waals surface area contributed by atoms with Gasteiger partial charge in [0.1, 0.15) is 5.52 Å². The largest absolute Gasteiger partial charge is 0.399 e. The van der Waals surface area contributed by atoms with Gasteiger partial charge in [-0.15, -0.1) is 0 Å². The molecule has 0 aliphatic rings.